The van der Waals surface area contributed by atoms with E-state index < -0.39 is 0 Å². The number of aryl methyl sites for hydroxylation is 1. The van der Waals surface area contributed by atoms with Gasteiger partial charge in [0.25, 0.3) is 0 Å². The molecule has 1 aliphatic carbocycles. The standard InChI is InChI=1S/C12H14N4S/c13-11-8-4-2-1-3-5-9(8)15-12(16-11)10-6-14-7-17-10/h6-7H,1-5H2,(H2,13,15,16). The van der Waals surface area contributed by atoms with Crippen LogP contribution in [0.15, 0.2) is 11.7 Å². The highest BCUT2D eigenvalue weighted by atomic mass is 32.1. The van der Waals surface area contributed by atoms with Gasteiger partial charge in [0.2, 0.25) is 0 Å². The Balaban J connectivity index is 2.09. The van der Waals surface area contributed by atoms with Crippen molar-refractivity contribution in [1.82, 2.24) is 15.0 Å². The number of nitrogens with two attached hydrogens (primary N) is 1. The molecule has 3 rings (SSSR count). The summed E-state index contributed by atoms with van der Waals surface area (Å²) >= 11 is 1.55. The number of thiazole rings is 1. The number of nitrogen functional groups attached to an aromatic ring is 1. The first kappa shape index (κ1) is 10.7. The van der Waals surface area contributed by atoms with Crippen LogP contribution >= 0.6 is 11.3 Å². The zero-order valence-electron chi connectivity index (χ0n) is 9.52. The lowest BCUT2D eigenvalue weighted by molar-refractivity contribution is 0.709. The molecule has 0 aromatic carbocycles. The van der Waals surface area contributed by atoms with Crippen LogP contribution in [0.25, 0.3) is 10.7 Å². The molecular weight excluding hydrogens is 232 g/mol. The molecule has 2 N–H and O–H groups in total. The van der Waals surface area contributed by atoms with Crippen molar-refractivity contribution in [2.45, 2.75) is 32.1 Å². The van der Waals surface area contributed by atoms with Crippen molar-refractivity contribution in [1.29, 1.82) is 0 Å². The monoisotopic (exact) mass is 246 g/mol. The number of hydrogen-bond acceptors (Lipinski definition) is 5. The second kappa shape index (κ2) is 4.41. The van der Waals surface area contributed by atoms with Crippen LogP contribution in [0.1, 0.15) is 30.5 Å². The Labute approximate surface area is 104 Å². The quantitative estimate of drug-likeness (QED) is 0.785. The number of nitrogens with zero attached hydrogens (tertiary/aromatic N) is 3. The van der Waals surface area contributed by atoms with Crippen LogP contribution in [0.2, 0.25) is 0 Å². The molecule has 0 radical (unpaired) electrons. The third-order valence-electron chi connectivity index (χ3n) is 3.12. The van der Waals surface area contributed by atoms with Gasteiger partial charge in [0, 0.05) is 17.5 Å². The van der Waals surface area contributed by atoms with Crippen LogP contribution in [-0.4, -0.2) is 15.0 Å². The zero-order chi connectivity index (χ0) is 11.7. The fraction of sp³-hybridized carbons (Fsp3) is 0.417. The van der Waals surface area contributed by atoms with Crippen molar-refractivity contribution in [2.24, 2.45) is 0 Å². The van der Waals surface area contributed by atoms with Gasteiger partial charge in [-0.05, 0) is 25.7 Å². The molecule has 0 saturated heterocycles. The molecule has 0 bridgehead atoms. The van der Waals surface area contributed by atoms with Crippen molar-refractivity contribution in [3.05, 3.63) is 23.0 Å². The van der Waals surface area contributed by atoms with Crippen LogP contribution in [0, 0.1) is 0 Å². The normalized spacial score (nSPS) is 15.3. The minimum absolute atomic E-state index is 0.653. The van der Waals surface area contributed by atoms with Crippen LogP contribution in [0.4, 0.5) is 5.82 Å². The molecule has 5 heteroatoms. The largest absolute Gasteiger partial charge is 0.383 e. The van der Waals surface area contributed by atoms with Crippen molar-refractivity contribution >= 4 is 17.2 Å². The molecule has 4 nitrogen and oxygen atoms in total. The maximum absolute atomic E-state index is 6.05. The number of fused-ring (bicyclic) bond motifs is 1. The smallest absolute Gasteiger partial charge is 0.173 e. The van der Waals surface area contributed by atoms with Gasteiger partial charge < -0.3 is 5.73 Å². The van der Waals surface area contributed by atoms with Gasteiger partial charge in [-0.1, -0.05) is 6.42 Å². The van der Waals surface area contributed by atoms with E-state index in [2.05, 4.69) is 15.0 Å². The summed E-state index contributed by atoms with van der Waals surface area (Å²) in [5.41, 5.74) is 10.1. The third-order valence-corrected chi connectivity index (χ3v) is 3.89. The van der Waals surface area contributed by atoms with Gasteiger partial charge >= 0.3 is 0 Å². The molecule has 2 aromatic heterocycles. The molecule has 88 valence electrons. The summed E-state index contributed by atoms with van der Waals surface area (Å²) in [6.45, 7) is 0. The van der Waals surface area contributed by atoms with Crippen LogP contribution < -0.4 is 5.73 Å². The molecule has 0 fully saturated rings. The zero-order valence-corrected chi connectivity index (χ0v) is 10.3. The lowest BCUT2D eigenvalue weighted by Gasteiger charge is -2.09. The highest BCUT2D eigenvalue weighted by molar-refractivity contribution is 7.13. The van der Waals surface area contributed by atoms with E-state index in [9.17, 15) is 0 Å². The summed E-state index contributed by atoms with van der Waals surface area (Å²) < 4.78 is 0. The molecule has 0 atom stereocenters. The average molecular weight is 246 g/mol. The van der Waals surface area contributed by atoms with Gasteiger partial charge in [-0.2, -0.15) is 0 Å². The minimum Gasteiger partial charge on any atom is -0.383 e. The topological polar surface area (TPSA) is 64.7 Å². The first-order valence-electron chi connectivity index (χ1n) is 5.89. The second-order valence-corrected chi connectivity index (χ2v) is 5.17. The summed E-state index contributed by atoms with van der Waals surface area (Å²) in [6, 6.07) is 0. The summed E-state index contributed by atoms with van der Waals surface area (Å²) in [7, 11) is 0. The molecule has 0 unspecified atom stereocenters. The molecule has 1 aliphatic rings. The highest BCUT2D eigenvalue weighted by Crippen LogP contribution is 2.27. The van der Waals surface area contributed by atoms with E-state index in [0.717, 1.165) is 34.8 Å². The fourth-order valence-corrected chi connectivity index (χ4v) is 2.79. The molecule has 0 amide bonds. The van der Waals surface area contributed by atoms with Crippen molar-refractivity contribution in [3.63, 3.8) is 0 Å². The van der Waals surface area contributed by atoms with Gasteiger partial charge in [-0.3, -0.25) is 4.98 Å². The summed E-state index contributed by atoms with van der Waals surface area (Å²) in [5.74, 6) is 1.38. The molecular formula is C12H14N4S. The molecule has 2 heterocycles. The van der Waals surface area contributed by atoms with E-state index in [-0.39, 0.29) is 0 Å². The van der Waals surface area contributed by atoms with Gasteiger partial charge in [0.1, 0.15) is 5.82 Å². The summed E-state index contributed by atoms with van der Waals surface area (Å²) in [6.07, 6.45) is 7.48. The molecule has 0 spiro atoms. The lowest BCUT2D eigenvalue weighted by Crippen LogP contribution is -2.06. The number of hydrogen-bond donors (Lipinski definition) is 1. The van der Waals surface area contributed by atoms with Crippen LogP contribution in [0.3, 0.4) is 0 Å². The van der Waals surface area contributed by atoms with Gasteiger partial charge in [0.15, 0.2) is 5.82 Å². The Bertz CT molecular complexity index is 522. The molecule has 0 aliphatic heterocycles. The number of rotatable bonds is 1. The van der Waals surface area contributed by atoms with E-state index >= 15 is 0 Å². The average Bonchev–Trinajstić information content (AvgIpc) is 2.75. The number of anilines is 1. The van der Waals surface area contributed by atoms with Gasteiger partial charge in [0.05, 0.1) is 10.4 Å². The van der Waals surface area contributed by atoms with Gasteiger partial charge in [-0.15, -0.1) is 11.3 Å². The van der Waals surface area contributed by atoms with E-state index in [1.807, 2.05) is 0 Å². The SMILES string of the molecule is Nc1nc(-c2cncs2)nc2c1CCCCC2. The summed E-state index contributed by atoms with van der Waals surface area (Å²) in [5, 5.41) is 0. The first-order chi connectivity index (χ1) is 8.34. The highest BCUT2D eigenvalue weighted by Gasteiger charge is 2.16. The van der Waals surface area contributed by atoms with E-state index in [1.54, 1.807) is 23.0 Å². The molecule has 17 heavy (non-hydrogen) atoms. The number of aromatic nitrogens is 3. The van der Waals surface area contributed by atoms with E-state index in [0.29, 0.717) is 5.82 Å². The Hall–Kier alpha value is -1.49. The Morgan fingerprint density at radius 3 is 2.82 bits per heavy atom. The Morgan fingerprint density at radius 2 is 2.00 bits per heavy atom. The second-order valence-electron chi connectivity index (χ2n) is 4.28. The first-order valence-corrected chi connectivity index (χ1v) is 6.76. The summed E-state index contributed by atoms with van der Waals surface area (Å²) in [4.78, 5) is 14.1. The predicted octanol–water partition coefficient (Wildman–Crippen LogP) is 2.45. The van der Waals surface area contributed by atoms with Crippen molar-refractivity contribution in [3.8, 4) is 10.7 Å². The van der Waals surface area contributed by atoms with Crippen LogP contribution in [0.5, 0.6) is 0 Å². The van der Waals surface area contributed by atoms with Crippen molar-refractivity contribution in [2.75, 3.05) is 5.73 Å². The van der Waals surface area contributed by atoms with E-state index in [1.165, 1.54) is 19.3 Å². The molecule has 2 aromatic rings. The maximum Gasteiger partial charge on any atom is 0.173 e. The van der Waals surface area contributed by atoms with Crippen molar-refractivity contribution < 1.29 is 0 Å². The van der Waals surface area contributed by atoms with E-state index in [4.69, 9.17) is 5.73 Å². The fourth-order valence-electron chi connectivity index (χ4n) is 2.24. The third kappa shape index (κ3) is 2.02. The minimum atomic E-state index is 0.653. The Morgan fingerprint density at radius 1 is 1.12 bits per heavy atom. The predicted molar refractivity (Wildman–Crippen MR) is 68.8 cm³/mol. The van der Waals surface area contributed by atoms with Gasteiger partial charge in [-0.25, -0.2) is 9.97 Å². The lowest BCUT2D eigenvalue weighted by atomic mass is 10.1. The van der Waals surface area contributed by atoms with Crippen LogP contribution in [-0.2, 0) is 12.8 Å². The Kier molecular flexibility index (Phi) is 2.76. The molecule has 0 saturated carbocycles. The maximum atomic E-state index is 6.05.